The molecular formula is C15H20FN3O. The van der Waals surface area contributed by atoms with E-state index >= 15 is 0 Å². The highest BCUT2D eigenvalue weighted by Gasteiger charge is 2.49. The van der Waals surface area contributed by atoms with Crippen molar-refractivity contribution in [3.05, 3.63) is 30.1 Å². The average Bonchev–Trinajstić information content (AvgIpc) is 2.64. The van der Waals surface area contributed by atoms with E-state index in [2.05, 4.69) is 18.8 Å². The Labute approximate surface area is 118 Å². The van der Waals surface area contributed by atoms with Crippen molar-refractivity contribution in [2.45, 2.75) is 37.8 Å². The third kappa shape index (κ3) is 2.16. The van der Waals surface area contributed by atoms with Crippen molar-refractivity contribution in [1.29, 1.82) is 0 Å². The molecular weight excluding hydrogens is 257 g/mol. The van der Waals surface area contributed by atoms with Crippen molar-refractivity contribution in [3.8, 4) is 0 Å². The maximum Gasteiger partial charge on any atom is 0.196 e. The predicted molar refractivity (Wildman–Crippen MR) is 77.4 cm³/mol. The summed E-state index contributed by atoms with van der Waals surface area (Å²) < 4.78 is 19.3. The summed E-state index contributed by atoms with van der Waals surface area (Å²) in [6, 6.07) is 6.53. The standard InChI is InChI=1S/C15H20FN3O/c1-14(2)9-15(6-7-20-14)10-18-13(17)19(15)12-5-3-4-11(16)8-12/h3-5,8H,6-7,9-10H2,1-2H3,(H2,17,18). The molecule has 5 heteroatoms. The van der Waals surface area contributed by atoms with Crippen LogP contribution in [0.2, 0.25) is 0 Å². The zero-order valence-corrected chi connectivity index (χ0v) is 11.9. The fourth-order valence-electron chi connectivity index (χ4n) is 3.41. The predicted octanol–water partition coefficient (Wildman–Crippen LogP) is 2.29. The van der Waals surface area contributed by atoms with Crippen molar-refractivity contribution < 1.29 is 9.13 Å². The molecule has 1 fully saturated rings. The molecule has 20 heavy (non-hydrogen) atoms. The number of ether oxygens (including phenoxy) is 1. The quantitative estimate of drug-likeness (QED) is 0.857. The van der Waals surface area contributed by atoms with E-state index in [1.165, 1.54) is 12.1 Å². The second-order valence-electron chi connectivity index (χ2n) is 6.25. The highest BCUT2D eigenvalue weighted by atomic mass is 19.1. The molecule has 4 nitrogen and oxygen atoms in total. The lowest BCUT2D eigenvalue weighted by atomic mass is 9.80. The van der Waals surface area contributed by atoms with Crippen molar-refractivity contribution in [1.82, 2.24) is 0 Å². The topological polar surface area (TPSA) is 50.9 Å². The van der Waals surface area contributed by atoms with E-state index in [0.717, 1.165) is 18.5 Å². The summed E-state index contributed by atoms with van der Waals surface area (Å²) in [4.78, 5) is 6.39. The van der Waals surface area contributed by atoms with E-state index in [0.29, 0.717) is 19.1 Å². The van der Waals surface area contributed by atoms with Crippen LogP contribution in [0.1, 0.15) is 26.7 Å². The normalized spacial score (nSPS) is 28.8. The van der Waals surface area contributed by atoms with Gasteiger partial charge in [-0.05, 0) is 38.5 Å². The number of nitrogens with zero attached hydrogens (tertiary/aromatic N) is 2. The Bertz CT molecular complexity index is 558. The number of nitrogens with two attached hydrogens (primary N) is 1. The van der Waals surface area contributed by atoms with Crippen LogP contribution in [-0.2, 0) is 4.74 Å². The molecule has 0 radical (unpaired) electrons. The average molecular weight is 277 g/mol. The maximum atomic E-state index is 13.5. The lowest BCUT2D eigenvalue weighted by molar-refractivity contribution is -0.0757. The van der Waals surface area contributed by atoms with Crippen LogP contribution in [0.3, 0.4) is 0 Å². The molecule has 1 aromatic rings. The first-order chi connectivity index (χ1) is 9.42. The van der Waals surface area contributed by atoms with Gasteiger partial charge < -0.3 is 15.4 Å². The highest BCUT2D eigenvalue weighted by molar-refractivity contribution is 5.98. The van der Waals surface area contributed by atoms with Crippen molar-refractivity contribution in [3.63, 3.8) is 0 Å². The minimum atomic E-state index is -0.260. The molecule has 1 atom stereocenters. The van der Waals surface area contributed by atoms with Gasteiger partial charge in [-0.1, -0.05) is 6.07 Å². The molecule has 1 spiro atoms. The molecule has 0 saturated carbocycles. The lowest BCUT2D eigenvalue weighted by Gasteiger charge is -2.47. The van der Waals surface area contributed by atoms with Crippen molar-refractivity contribution >= 4 is 11.6 Å². The number of aliphatic imine (C=N–C) groups is 1. The first kappa shape index (κ1) is 13.4. The molecule has 1 aromatic carbocycles. The van der Waals surface area contributed by atoms with E-state index in [4.69, 9.17) is 10.5 Å². The monoisotopic (exact) mass is 277 g/mol. The van der Waals surface area contributed by atoms with Gasteiger partial charge in [0.25, 0.3) is 0 Å². The molecule has 0 bridgehead atoms. The SMILES string of the molecule is CC1(C)CC2(CCO1)CN=C(N)N2c1cccc(F)c1. The molecule has 1 saturated heterocycles. The van der Waals surface area contributed by atoms with Crippen LogP contribution in [0, 0.1) is 5.82 Å². The Balaban J connectivity index is 2.00. The van der Waals surface area contributed by atoms with E-state index in [9.17, 15) is 4.39 Å². The summed E-state index contributed by atoms with van der Waals surface area (Å²) in [6.07, 6.45) is 1.66. The van der Waals surface area contributed by atoms with Gasteiger partial charge >= 0.3 is 0 Å². The molecule has 2 N–H and O–H groups in total. The number of guanidine groups is 1. The summed E-state index contributed by atoms with van der Waals surface area (Å²) in [6.45, 7) is 5.46. The Morgan fingerprint density at radius 1 is 1.40 bits per heavy atom. The zero-order chi connectivity index (χ0) is 14.4. The second-order valence-corrected chi connectivity index (χ2v) is 6.25. The van der Waals surface area contributed by atoms with Gasteiger partial charge in [-0.15, -0.1) is 0 Å². The molecule has 0 aromatic heterocycles. The smallest absolute Gasteiger partial charge is 0.196 e. The lowest BCUT2D eigenvalue weighted by Crippen LogP contribution is -2.58. The summed E-state index contributed by atoms with van der Waals surface area (Å²) in [5, 5.41) is 0. The van der Waals surface area contributed by atoms with Gasteiger partial charge in [0.1, 0.15) is 5.82 Å². The zero-order valence-electron chi connectivity index (χ0n) is 11.9. The highest BCUT2D eigenvalue weighted by Crippen LogP contribution is 2.41. The minimum absolute atomic E-state index is 0.195. The summed E-state index contributed by atoms with van der Waals surface area (Å²) in [5.74, 6) is 0.206. The van der Waals surface area contributed by atoms with Crippen LogP contribution in [0.25, 0.3) is 0 Å². The van der Waals surface area contributed by atoms with Gasteiger partial charge in [-0.25, -0.2) is 4.39 Å². The fraction of sp³-hybridized carbons (Fsp3) is 0.533. The molecule has 0 aliphatic carbocycles. The van der Waals surface area contributed by atoms with Crippen LogP contribution in [0.5, 0.6) is 0 Å². The summed E-state index contributed by atoms with van der Waals surface area (Å²) in [7, 11) is 0. The largest absolute Gasteiger partial charge is 0.375 e. The van der Waals surface area contributed by atoms with E-state index in [-0.39, 0.29) is 17.0 Å². The van der Waals surface area contributed by atoms with Crippen LogP contribution in [-0.4, -0.2) is 30.3 Å². The van der Waals surface area contributed by atoms with Crippen LogP contribution < -0.4 is 10.6 Å². The molecule has 2 aliphatic heterocycles. The number of hydrogen-bond acceptors (Lipinski definition) is 4. The third-order valence-corrected chi connectivity index (χ3v) is 4.12. The second kappa shape index (κ2) is 4.45. The Kier molecular flexibility index (Phi) is 2.97. The number of benzene rings is 1. The van der Waals surface area contributed by atoms with Crippen molar-refractivity contribution in [2.75, 3.05) is 18.1 Å². The van der Waals surface area contributed by atoms with E-state index < -0.39 is 0 Å². The summed E-state index contributed by atoms with van der Waals surface area (Å²) in [5.41, 5.74) is 6.42. The first-order valence-electron chi connectivity index (χ1n) is 6.92. The third-order valence-electron chi connectivity index (χ3n) is 4.12. The van der Waals surface area contributed by atoms with Crippen LogP contribution >= 0.6 is 0 Å². The van der Waals surface area contributed by atoms with Gasteiger partial charge in [0.05, 0.1) is 17.7 Å². The Morgan fingerprint density at radius 2 is 2.20 bits per heavy atom. The maximum absolute atomic E-state index is 13.5. The molecule has 2 heterocycles. The minimum Gasteiger partial charge on any atom is -0.375 e. The molecule has 108 valence electrons. The molecule has 0 amide bonds. The summed E-state index contributed by atoms with van der Waals surface area (Å²) >= 11 is 0. The molecule has 3 rings (SSSR count). The fourth-order valence-corrected chi connectivity index (χ4v) is 3.41. The number of halogens is 1. The van der Waals surface area contributed by atoms with Crippen LogP contribution in [0.4, 0.5) is 10.1 Å². The van der Waals surface area contributed by atoms with Gasteiger partial charge in [-0.2, -0.15) is 0 Å². The molecule has 2 aliphatic rings. The number of rotatable bonds is 1. The molecule has 1 unspecified atom stereocenters. The Hall–Kier alpha value is -1.62. The Morgan fingerprint density at radius 3 is 2.90 bits per heavy atom. The van der Waals surface area contributed by atoms with Gasteiger partial charge in [0.2, 0.25) is 0 Å². The van der Waals surface area contributed by atoms with E-state index in [1.54, 1.807) is 6.07 Å². The number of anilines is 1. The van der Waals surface area contributed by atoms with Crippen LogP contribution in [0.15, 0.2) is 29.3 Å². The van der Waals surface area contributed by atoms with Gasteiger partial charge in [0.15, 0.2) is 5.96 Å². The first-order valence-corrected chi connectivity index (χ1v) is 6.92. The van der Waals surface area contributed by atoms with Crippen molar-refractivity contribution in [2.24, 2.45) is 10.7 Å². The van der Waals surface area contributed by atoms with Gasteiger partial charge in [-0.3, -0.25) is 4.99 Å². The number of hydrogen-bond donors (Lipinski definition) is 1. The van der Waals surface area contributed by atoms with E-state index in [1.807, 2.05) is 11.0 Å². The van der Waals surface area contributed by atoms with Gasteiger partial charge in [0, 0.05) is 18.7 Å².